The van der Waals surface area contributed by atoms with E-state index in [1.165, 1.54) is 12.1 Å². The van der Waals surface area contributed by atoms with Crippen LogP contribution in [-0.4, -0.2) is 30.9 Å². The first-order chi connectivity index (χ1) is 7.75. The molecular formula is C10H10N2O4. The largest absolute Gasteiger partial charge is 0.486 e. The summed E-state index contributed by atoms with van der Waals surface area (Å²) in [5, 5.41) is 10.6. The Morgan fingerprint density at radius 1 is 1.50 bits per heavy atom. The van der Waals surface area contributed by atoms with E-state index >= 15 is 0 Å². The Hall–Kier alpha value is -1.82. The quantitative estimate of drug-likeness (QED) is 0.526. The third-order valence-electron chi connectivity index (χ3n) is 2.84. The SMILES string of the molecule is O=[N+]([O-])c1ccc2c(c1)OC[C@@H]1OCCN21. The Bertz CT molecular complexity index is 448. The van der Waals surface area contributed by atoms with Gasteiger partial charge in [-0.15, -0.1) is 0 Å². The van der Waals surface area contributed by atoms with Gasteiger partial charge in [-0.05, 0) is 6.07 Å². The molecule has 0 radical (unpaired) electrons. The smallest absolute Gasteiger partial charge is 0.273 e. The van der Waals surface area contributed by atoms with Crippen molar-refractivity contribution in [3.8, 4) is 5.75 Å². The molecule has 1 atom stereocenters. The molecule has 6 nitrogen and oxygen atoms in total. The summed E-state index contributed by atoms with van der Waals surface area (Å²) in [5.74, 6) is 0.566. The van der Waals surface area contributed by atoms with Gasteiger partial charge in [0.2, 0.25) is 0 Å². The lowest BCUT2D eigenvalue weighted by atomic mass is 10.2. The molecule has 0 saturated carbocycles. The standard InChI is InChI=1S/C10H10N2O4/c13-12(14)7-1-2-8-9(5-7)16-6-10-11(8)3-4-15-10/h1-2,5,10H,3-4,6H2/t10-/m0/s1. The molecule has 0 aliphatic carbocycles. The number of nitrogens with zero attached hydrogens (tertiary/aromatic N) is 2. The maximum absolute atomic E-state index is 10.6. The minimum absolute atomic E-state index is 0.0473. The molecule has 2 heterocycles. The molecule has 0 spiro atoms. The summed E-state index contributed by atoms with van der Waals surface area (Å²) in [6, 6.07) is 4.67. The number of hydrogen-bond donors (Lipinski definition) is 0. The zero-order valence-electron chi connectivity index (χ0n) is 8.46. The zero-order chi connectivity index (χ0) is 11.1. The highest BCUT2D eigenvalue weighted by atomic mass is 16.6. The molecule has 1 aromatic rings. The number of ether oxygens (including phenoxy) is 2. The molecule has 0 bridgehead atoms. The number of hydrogen-bond acceptors (Lipinski definition) is 5. The zero-order valence-corrected chi connectivity index (χ0v) is 8.46. The fraction of sp³-hybridized carbons (Fsp3) is 0.400. The Morgan fingerprint density at radius 3 is 3.19 bits per heavy atom. The van der Waals surface area contributed by atoms with Gasteiger partial charge in [-0.1, -0.05) is 0 Å². The molecule has 3 rings (SSSR count). The van der Waals surface area contributed by atoms with Gasteiger partial charge in [0.15, 0.2) is 6.23 Å². The molecule has 1 saturated heterocycles. The van der Waals surface area contributed by atoms with Crippen LogP contribution in [0.25, 0.3) is 0 Å². The highest BCUT2D eigenvalue weighted by molar-refractivity contribution is 5.64. The second kappa shape index (κ2) is 3.34. The predicted molar refractivity (Wildman–Crippen MR) is 55.7 cm³/mol. The Kier molecular flexibility index (Phi) is 1.97. The van der Waals surface area contributed by atoms with Crippen molar-refractivity contribution < 1.29 is 14.4 Å². The highest BCUT2D eigenvalue weighted by Gasteiger charge is 2.33. The Morgan fingerprint density at radius 2 is 2.38 bits per heavy atom. The van der Waals surface area contributed by atoms with Crippen LogP contribution in [0.2, 0.25) is 0 Å². The van der Waals surface area contributed by atoms with Crippen LogP contribution in [0.4, 0.5) is 11.4 Å². The third kappa shape index (κ3) is 1.30. The van der Waals surface area contributed by atoms with Gasteiger partial charge in [-0.2, -0.15) is 0 Å². The molecule has 84 valence electrons. The molecule has 1 fully saturated rings. The lowest BCUT2D eigenvalue weighted by molar-refractivity contribution is -0.384. The van der Waals surface area contributed by atoms with E-state index in [1.54, 1.807) is 6.07 Å². The van der Waals surface area contributed by atoms with Crippen molar-refractivity contribution in [3.63, 3.8) is 0 Å². The second-order valence-corrected chi connectivity index (χ2v) is 3.74. The normalized spacial score (nSPS) is 22.2. The van der Waals surface area contributed by atoms with E-state index in [0.29, 0.717) is 19.0 Å². The van der Waals surface area contributed by atoms with Gasteiger partial charge in [-0.25, -0.2) is 0 Å². The van der Waals surface area contributed by atoms with Crippen LogP contribution in [0.5, 0.6) is 5.75 Å². The van der Waals surface area contributed by atoms with Crippen molar-refractivity contribution in [2.24, 2.45) is 0 Å². The molecule has 16 heavy (non-hydrogen) atoms. The third-order valence-corrected chi connectivity index (χ3v) is 2.84. The first-order valence-electron chi connectivity index (χ1n) is 5.05. The van der Waals surface area contributed by atoms with Gasteiger partial charge in [0.1, 0.15) is 12.4 Å². The maximum Gasteiger partial charge on any atom is 0.273 e. The van der Waals surface area contributed by atoms with Gasteiger partial charge in [0.25, 0.3) is 5.69 Å². The Labute approximate surface area is 91.5 Å². The molecule has 0 amide bonds. The number of nitro benzene ring substituents is 1. The fourth-order valence-corrected chi connectivity index (χ4v) is 2.07. The van der Waals surface area contributed by atoms with Crippen LogP contribution in [0, 0.1) is 10.1 Å². The highest BCUT2D eigenvalue weighted by Crippen LogP contribution is 2.38. The summed E-state index contributed by atoms with van der Waals surface area (Å²) >= 11 is 0. The lowest BCUT2D eigenvalue weighted by Gasteiger charge is -2.31. The minimum Gasteiger partial charge on any atom is -0.486 e. The van der Waals surface area contributed by atoms with Gasteiger partial charge in [-0.3, -0.25) is 10.1 Å². The average molecular weight is 222 g/mol. The van der Waals surface area contributed by atoms with Crippen LogP contribution < -0.4 is 9.64 Å². The minimum atomic E-state index is -0.420. The number of fused-ring (bicyclic) bond motifs is 3. The van der Waals surface area contributed by atoms with Crippen LogP contribution >= 0.6 is 0 Å². The average Bonchev–Trinajstić information content (AvgIpc) is 2.76. The van der Waals surface area contributed by atoms with E-state index in [-0.39, 0.29) is 11.9 Å². The topological polar surface area (TPSA) is 64.8 Å². The summed E-state index contributed by atoms with van der Waals surface area (Å²) in [4.78, 5) is 12.3. The number of benzene rings is 1. The summed E-state index contributed by atoms with van der Waals surface area (Å²) in [5.41, 5.74) is 0.927. The maximum atomic E-state index is 10.6. The summed E-state index contributed by atoms with van der Waals surface area (Å²) in [6.07, 6.45) is -0.0473. The van der Waals surface area contributed by atoms with Crippen molar-refractivity contribution in [2.45, 2.75) is 6.23 Å². The number of anilines is 1. The number of non-ortho nitro benzene ring substituents is 1. The molecule has 0 aromatic heterocycles. The fourth-order valence-electron chi connectivity index (χ4n) is 2.07. The number of rotatable bonds is 1. The van der Waals surface area contributed by atoms with Crippen molar-refractivity contribution >= 4 is 11.4 Å². The van der Waals surface area contributed by atoms with Crippen LogP contribution in [0.15, 0.2) is 18.2 Å². The number of nitro groups is 1. The van der Waals surface area contributed by atoms with Crippen LogP contribution in [0.3, 0.4) is 0 Å². The first kappa shape index (κ1) is 9.41. The van der Waals surface area contributed by atoms with Gasteiger partial charge in [0.05, 0.1) is 23.3 Å². The molecular weight excluding hydrogens is 212 g/mol. The summed E-state index contributed by atoms with van der Waals surface area (Å²) in [7, 11) is 0. The molecule has 2 aliphatic heterocycles. The van der Waals surface area contributed by atoms with Crippen molar-refractivity contribution in [2.75, 3.05) is 24.7 Å². The van der Waals surface area contributed by atoms with Crippen molar-refractivity contribution in [1.82, 2.24) is 0 Å². The second-order valence-electron chi connectivity index (χ2n) is 3.74. The Balaban J connectivity index is 2.02. The van der Waals surface area contributed by atoms with E-state index in [1.807, 2.05) is 0 Å². The van der Waals surface area contributed by atoms with E-state index in [2.05, 4.69) is 4.90 Å². The molecule has 0 N–H and O–H groups in total. The van der Waals surface area contributed by atoms with Gasteiger partial charge >= 0.3 is 0 Å². The van der Waals surface area contributed by atoms with E-state index in [9.17, 15) is 10.1 Å². The van der Waals surface area contributed by atoms with E-state index in [0.717, 1.165) is 12.2 Å². The van der Waals surface area contributed by atoms with E-state index < -0.39 is 4.92 Å². The van der Waals surface area contributed by atoms with Crippen LogP contribution in [0.1, 0.15) is 0 Å². The molecule has 6 heteroatoms. The molecule has 1 aromatic carbocycles. The van der Waals surface area contributed by atoms with Gasteiger partial charge in [0, 0.05) is 12.6 Å². The van der Waals surface area contributed by atoms with Gasteiger partial charge < -0.3 is 14.4 Å². The summed E-state index contributed by atoms with van der Waals surface area (Å²) < 4.78 is 10.9. The van der Waals surface area contributed by atoms with Crippen LogP contribution in [-0.2, 0) is 4.74 Å². The first-order valence-corrected chi connectivity index (χ1v) is 5.05. The molecule has 0 unspecified atom stereocenters. The van der Waals surface area contributed by atoms with Crippen molar-refractivity contribution in [1.29, 1.82) is 0 Å². The molecule has 2 aliphatic rings. The monoisotopic (exact) mass is 222 g/mol. The predicted octanol–water partition coefficient (Wildman–Crippen LogP) is 1.15. The van der Waals surface area contributed by atoms with E-state index in [4.69, 9.17) is 9.47 Å². The summed E-state index contributed by atoms with van der Waals surface area (Å²) in [6.45, 7) is 1.90. The van der Waals surface area contributed by atoms with Crippen molar-refractivity contribution in [3.05, 3.63) is 28.3 Å². The lowest BCUT2D eigenvalue weighted by Crippen LogP contribution is -2.38.